The van der Waals surface area contributed by atoms with E-state index in [-0.39, 0.29) is 5.41 Å². The first-order valence-corrected chi connectivity index (χ1v) is 4.15. The van der Waals surface area contributed by atoms with Gasteiger partial charge in [-0.3, -0.25) is 4.79 Å². The van der Waals surface area contributed by atoms with Crippen molar-refractivity contribution < 1.29 is 4.79 Å². The van der Waals surface area contributed by atoms with E-state index in [2.05, 4.69) is 26.8 Å². The Balaban J connectivity index is 2.93. The molecular formula is C10H16O. The summed E-state index contributed by atoms with van der Waals surface area (Å²) >= 11 is 0. The van der Waals surface area contributed by atoms with Crippen molar-refractivity contribution in [1.29, 1.82) is 0 Å². The molecule has 0 radical (unpaired) electrons. The minimum atomic E-state index is 0.163. The molecule has 62 valence electrons. The van der Waals surface area contributed by atoms with E-state index in [0.717, 1.165) is 5.57 Å². The molecule has 0 amide bonds. The monoisotopic (exact) mass is 152 g/mol. The maximum absolute atomic E-state index is 11.3. The van der Waals surface area contributed by atoms with Crippen LogP contribution in [0, 0.1) is 11.3 Å². The lowest BCUT2D eigenvalue weighted by atomic mass is 9.71. The highest BCUT2D eigenvalue weighted by atomic mass is 16.1. The van der Waals surface area contributed by atoms with Crippen molar-refractivity contribution in [1.82, 2.24) is 0 Å². The molecule has 0 fully saturated rings. The van der Waals surface area contributed by atoms with Crippen molar-refractivity contribution >= 4 is 5.78 Å². The average Bonchev–Trinajstić information content (AvgIpc) is 1.83. The lowest BCUT2D eigenvalue weighted by Crippen LogP contribution is -2.28. The van der Waals surface area contributed by atoms with Crippen LogP contribution in [0.5, 0.6) is 0 Å². The summed E-state index contributed by atoms with van der Waals surface area (Å²) in [5.41, 5.74) is 1.10. The maximum atomic E-state index is 11.3. The summed E-state index contributed by atoms with van der Waals surface area (Å²) in [6, 6.07) is 0. The molecule has 0 bridgehead atoms. The van der Waals surface area contributed by atoms with E-state index < -0.39 is 0 Å². The van der Waals surface area contributed by atoms with Gasteiger partial charge in [-0.05, 0) is 23.8 Å². The van der Waals surface area contributed by atoms with Crippen molar-refractivity contribution in [2.75, 3.05) is 0 Å². The van der Waals surface area contributed by atoms with Crippen LogP contribution in [0.2, 0.25) is 0 Å². The van der Waals surface area contributed by atoms with Crippen LogP contribution in [0.25, 0.3) is 0 Å². The summed E-state index contributed by atoms with van der Waals surface area (Å²) in [7, 11) is 0. The van der Waals surface area contributed by atoms with Crippen LogP contribution >= 0.6 is 0 Å². The minimum absolute atomic E-state index is 0.163. The first-order chi connectivity index (χ1) is 4.93. The van der Waals surface area contributed by atoms with Crippen LogP contribution in [0.1, 0.15) is 34.1 Å². The van der Waals surface area contributed by atoms with Gasteiger partial charge in [0.25, 0.3) is 0 Å². The number of rotatable bonds is 0. The van der Waals surface area contributed by atoms with Crippen LogP contribution in [0.4, 0.5) is 0 Å². The summed E-state index contributed by atoms with van der Waals surface area (Å²) in [6.07, 6.45) is 2.79. The minimum Gasteiger partial charge on any atom is -0.295 e. The van der Waals surface area contributed by atoms with Crippen molar-refractivity contribution in [2.45, 2.75) is 34.1 Å². The number of Topliss-reactive ketones (excluding diaryl/α,β-unsaturated/α-hetero) is 1. The molecule has 1 aliphatic rings. The normalized spacial score (nSPS) is 30.0. The molecule has 0 aromatic rings. The summed E-state index contributed by atoms with van der Waals surface area (Å²) in [6.45, 7) is 8.39. The van der Waals surface area contributed by atoms with E-state index in [1.807, 2.05) is 6.92 Å². The van der Waals surface area contributed by atoms with Gasteiger partial charge in [-0.1, -0.05) is 26.8 Å². The second-order valence-corrected chi connectivity index (χ2v) is 4.23. The molecule has 11 heavy (non-hydrogen) atoms. The Bertz CT molecular complexity index is 211. The summed E-state index contributed by atoms with van der Waals surface area (Å²) in [5.74, 6) is 0.841. The van der Waals surface area contributed by atoms with Crippen molar-refractivity contribution in [3.05, 3.63) is 11.6 Å². The largest absolute Gasteiger partial charge is 0.295 e. The molecule has 1 unspecified atom stereocenters. The zero-order chi connectivity index (χ0) is 8.65. The first kappa shape index (κ1) is 8.51. The van der Waals surface area contributed by atoms with E-state index >= 15 is 0 Å². The fourth-order valence-corrected chi connectivity index (χ4v) is 1.41. The van der Waals surface area contributed by atoms with Crippen LogP contribution < -0.4 is 0 Å². The van der Waals surface area contributed by atoms with Crippen LogP contribution in [-0.2, 0) is 4.79 Å². The van der Waals surface area contributed by atoms with Crippen molar-refractivity contribution in [3.63, 3.8) is 0 Å². The second kappa shape index (κ2) is 2.47. The molecule has 0 saturated heterocycles. The summed E-state index contributed by atoms with van der Waals surface area (Å²) < 4.78 is 0. The highest BCUT2D eigenvalue weighted by molar-refractivity contribution is 5.96. The molecule has 1 aliphatic carbocycles. The predicted octanol–water partition coefficient (Wildman–Crippen LogP) is 2.57. The SMILES string of the molecule is CC1=CC(C)C(C)(C)CC1=O. The lowest BCUT2D eigenvalue weighted by molar-refractivity contribution is -0.118. The van der Waals surface area contributed by atoms with Crippen LogP contribution in [0.3, 0.4) is 0 Å². The molecule has 0 N–H and O–H groups in total. The van der Waals surface area contributed by atoms with Gasteiger partial charge in [0.15, 0.2) is 5.78 Å². The van der Waals surface area contributed by atoms with E-state index in [4.69, 9.17) is 0 Å². The van der Waals surface area contributed by atoms with Gasteiger partial charge < -0.3 is 0 Å². The van der Waals surface area contributed by atoms with Gasteiger partial charge >= 0.3 is 0 Å². The Labute approximate surface area is 68.5 Å². The van der Waals surface area contributed by atoms with E-state index in [0.29, 0.717) is 18.1 Å². The Morgan fingerprint density at radius 3 is 2.55 bits per heavy atom. The van der Waals surface area contributed by atoms with Crippen molar-refractivity contribution in [2.24, 2.45) is 11.3 Å². The number of carbonyl (C=O) groups excluding carboxylic acids is 1. The molecule has 0 heterocycles. The van der Waals surface area contributed by atoms with Gasteiger partial charge in [0.2, 0.25) is 0 Å². The topological polar surface area (TPSA) is 17.1 Å². The number of hydrogen-bond donors (Lipinski definition) is 0. The van der Waals surface area contributed by atoms with Crippen LogP contribution in [-0.4, -0.2) is 5.78 Å². The fraction of sp³-hybridized carbons (Fsp3) is 0.700. The Hall–Kier alpha value is -0.590. The number of allylic oxidation sites excluding steroid dienone is 2. The van der Waals surface area contributed by atoms with Gasteiger partial charge in [0.05, 0.1) is 0 Å². The van der Waals surface area contributed by atoms with Crippen molar-refractivity contribution in [3.8, 4) is 0 Å². The number of ketones is 1. The lowest BCUT2D eigenvalue weighted by Gasteiger charge is -2.33. The fourth-order valence-electron chi connectivity index (χ4n) is 1.41. The third-order valence-electron chi connectivity index (χ3n) is 2.79. The highest BCUT2D eigenvalue weighted by Gasteiger charge is 2.31. The third kappa shape index (κ3) is 1.52. The molecule has 1 atom stereocenters. The van der Waals surface area contributed by atoms with Gasteiger partial charge in [0, 0.05) is 6.42 Å². The molecular weight excluding hydrogens is 136 g/mol. The zero-order valence-corrected chi connectivity index (χ0v) is 7.77. The highest BCUT2D eigenvalue weighted by Crippen LogP contribution is 2.36. The molecule has 0 aliphatic heterocycles. The van der Waals surface area contributed by atoms with Gasteiger partial charge in [-0.2, -0.15) is 0 Å². The van der Waals surface area contributed by atoms with Gasteiger partial charge in [0.1, 0.15) is 0 Å². The Morgan fingerprint density at radius 1 is 1.55 bits per heavy atom. The standard InChI is InChI=1S/C10H16O/c1-7-5-8(2)10(3,4)6-9(7)11/h5,8H,6H2,1-4H3. The predicted molar refractivity (Wildman–Crippen MR) is 46.3 cm³/mol. The molecule has 0 aromatic carbocycles. The molecule has 1 nitrogen and oxygen atoms in total. The smallest absolute Gasteiger partial charge is 0.158 e. The zero-order valence-electron chi connectivity index (χ0n) is 7.77. The van der Waals surface area contributed by atoms with E-state index in [9.17, 15) is 4.79 Å². The summed E-state index contributed by atoms with van der Waals surface area (Å²) in [4.78, 5) is 11.3. The number of carbonyl (C=O) groups is 1. The third-order valence-corrected chi connectivity index (χ3v) is 2.79. The molecule has 0 saturated carbocycles. The molecule has 0 spiro atoms. The summed E-state index contributed by atoms with van der Waals surface area (Å²) in [5, 5.41) is 0. The molecule has 1 rings (SSSR count). The van der Waals surface area contributed by atoms with Gasteiger partial charge in [-0.15, -0.1) is 0 Å². The quantitative estimate of drug-likeness (QED) is 0.521. The molecule has 1 heteroatoms. The van der Waals surface area contributed by atoms with Crippen LogP contribution in [0.15, 0.2) is 11.6 Å². The number of hydrogen-bond acceptors (Lipinski definition) is 1. The first-order valence-electron chi connectivity index (χ1n) is 4.15. The van der Waals surface area contributed by atoms with E-state index in [1.54, 1.807) is 0 Å². The molecule has 0 aromatic heterocycles. The Morgan fingerprint density at radius 2 is 2.09 bits per heavy atom. The van der Waals surface area contributed by atoms with Gasteiger partial charge in [-0.25, -0.2) is 0 Å². The average molecular weight is 152 g/mol. The van der Waals surface area contributed by atoms with E-state index in [1.165, 1.54) is 0 Å². The Kier molecular flexibility index (Phi) is 1.91. The maximum Gasteiger partial charge on any atom is 0.158 e. The second-order valence-electron chi connectivity index (χ2n) is 4.23.